The van der Waals surface area contributed by atoms with Crippen molar-refractivity contribution >= 4 is 0 Å². The molecule has 1 nitrogen and oxygen atoms in total. The number of alkyl halides is 3. The molecule has 0 aromatic heterocycles. The number of ether oxygens (including phenoxy) is 1. The van der Waals surface area contributed by atoms with Gasteiger partial charge >= 0.3 is 6.18 Å². The number of halogens is 5. The first-order valence-corrected chi connectivity index (χ1v) is 5.81. The summed E-state index contributed by atoms with van der Waals surface area (Å²) in [6.45, 7) is 1.98. The smallest absolute Gasteiger partial charge is 0.365 e. The molecular formula is C13H13F5O. The topological polar surface area (TPSA) is 9.23 Å². The molecule has 1 aliphatic heterocycles. The van der Waals surface area contributed by atoms with Crippen LogP contribution in [-0.2, 0) is 4.74 Å². The van der Waals surface area contributed by atoms with Gasteiger partial charge in [0, 0.05) is 11.5 Å². The summed E-state index contributed by atoms with van der Waals surface area (Å²) in [6.07, 6.45) is -4.87. The van der Waals surface area contributed by atoms with Gasteiger partial charge in [0.15, 0.2) is 5.60 Å². The second-order valence-electron chi connectivity index (χ2n) is 5.02. The van der Waals surface area contributed by atoms with Gasteiger partial charge in [-0.3, -0.25) is 0 Å². The van der Waals surface area contributed by atoms with Crippen LogP contribution in [-0.4, -0.2) is 18.4 Å². The number of benzene rings is 1. The molecule has 6 heteroatoms. The van der Waals surface area contributed by atoms with Crippen LogP contribution in [0.3, 0.4) is 0 Å². The van der Waals surface area contributed by atoms with Gasteiger partial charge in [-0.1, -0.05) is 6.07 Å². The van der Waals surface area contributed by atoms with E-state index in [2.05, 4.69) is 0 Å². The Morgan fingerprint density at radius 2 is 1.89 bits per heavy atom. The molecule has 106 valence electrons. The summed E-state index contributed by atoms with van der Waals surface area (Å²) in [7, 11) is 0. The summed E-state index contributed by atoms with van der Waals surface area (Å²) < 4.78 is 70.2. The van der Waals surface area contributed by atoms with Crippen LogP contribution in [0.15, 0.2) is 12.1 Å². The van der Waals surface area contributed by atoms with E-state index in [1.54, 1.807) is 0 Å². The number of hydrogen-bond acceptors (Lipinski definition) is 1. The lowest BCUT2D eigenvalue weighted by Crippen LogP contribution is -2.41. The van der Waals surface area contributed by atoms with Crippen LogP contribution in [0.4, 0.5) is 22.0 Å². The lowest BCUT2D eigenvalue weighted by atomic mass is 9.89. The summed E-state index contributed by atoms with van der Waals surface area (Å²) in [5, 5.41) is 0. The van der Waals surface area contributed by atoms with E-state index < -0.39 is 29.3 Å². The van der Waals surface area contributed by atoms with Crippen molar-refractivity contribution in [1.29, 1.82) is 0 Å². The van der Waals surface area contributed by atoms with Crippen molar-refractivity contribution < 1.29 is 26.7 Å². The molecular weight excluding hydrogens is 267 g/mol. The van der Waals surface area contributed by atoms with E-state index >= 15 is 0 Å². The highest BCUT2D eigenvalue weighted by atomic mass is 19.4. The van der Waals surface area contributed by atoms with Crippen molar-refractivity contribution in [2.75, 3.05) is 6.61 Å². The van der Waals surface area contributed by atoms with Gasteiger partial charge in [0.2, 0.25) is 0 Å². The maximum Gasteiger partial charge on any atom is 0.417 e. The highest BCUT2D eigenvalue weighted by Crippen LogP contribution is 2.46. The largest absolute Gasteiger partial charge is 0.417 e. The van der Waals surface area contributed by atoms with E-state index in [-0.39, 0.29) is 24.2 Å². The fourth-order valence-corrected chi connectivity index (χ4v) is 2.27. The third kappa shape index (κ3) is 2.33. The van der Waals surface area contributed by atoms with Gasteiger partial charge in [0.25, 0.3) is 0 Å². The molecule has 0 radical (unpaired) electrons. The summed E-state index contributed by atoms with van der Waals surface area (Å²) in [4.78, 5) is 0. The van der Waals surface area contributed by atoms with Gasteiger partial charge < -0.3 is 4.74 Å². The molecule has 1 saturated heterocycles. The molecule has 0 saturated carbocycles. The van der Waals surface area contributed by atoms with E-state index in [1.165, 1.54) is 13.0 Å². The van der Waals surface area contributed by atoms with E-state index in [9.17, 15) is 22.0 Å². The number of rotatable bonds is 1. The van der Waals surface area contributed by atoms with Crippen molar-refractivity contribution in [1.82, 2.24) is 0 Å². The van der Waals surface area contributed by atoms with Gasteiger partial charge in [0.1, 0.15) is 11.6 Å². The van der Waals surface area contributed by atoms with Crippen molar-refractivity contribution in [3.8, 4) is 0 Å². The van der Waals surface area contributed by atoms with Crippen molar-refractivity contribution in [2.24, 2.45) is 0 Å². The van der Waals surface area contributed by atoms with Crippen LogP contribution in [0.5, 0.6) is 0 Å². The van der Waals surface area contributed by atoms with Crippen LogP contribution in [0.2, 0.25) is 0 Å². The first-order valence-electron chi connectivity index (χ1n) is 5.81. The Hall–Kier alpha value is -1.17. The minimum atomic E-state index is -4.51. The predicted molar refractivity (Wildman–Crippen MR) is 58.9 cm³/mol. The van der Waals surface area contributed by atoms with E-state index in [4.69, 9.17) is 4.74 Å². The van der Waals surface area contributed by atoms with Crippen LogP contribution in [0, 0.1) is 18.6 Å². The third-order valence-electron chi connectivity index (χ3n) is 3.63. The Bertz CT molecular complexity index is 497. The molecule has 1 aliphatic rings. The first-order chi connectivity index (χ1) is 8.66. The zero-order chi connectivity index (χ0) is 14.4. The molecule has 0 spiro atoms. The summed E-state index contributed by atoms with van der Waals surface area (Å²) in [5.41, 5.74) is -2.38. The van der Waals surface area contributed by atoms with Gasteiger partial charge in [-0.2, -0.15) is 13.2 Å². The minimum Gasteiger partial charge on any atom is -0.365 e. The second-order valence-corrected chi connectivity index (χ2v) is 5.02. The van der Waals surface area contributed by atoms with Crippen molar-refractivity contribution in [3.63, 3.8) is 0 Å². The fourth-order valence-electron chi connectivity index (χ4n) is 2.27. The highest BCUT2D eigenvalue weighted by molar-refractivity contribution is 5.30. The Morgan fingerprint density at radius 1 is 1.26 bits per heavy atom. The van der Waals surface area contributed by atoms with Crippen molar-refractivity contribution in [3.05, 3.63) is 34.9 Å². The average Bonchev–Trinajstić information content (AvgIpc) is 2.70. The van der Waals surface area contributed by atoms with Crippen molar-refractivity contribution in [2.45, 2.75) is 38.0 Å². The summed E-state index contributed by atoms with van der Waals surface area (Å²) in [5.74, 6) is -2.22. The molecule has 19 heavy (non-hydrogen) atoms. The van der Waals surface area contributed by atoms with Gasteiger partial charge in [-0.05, 0) is 31.9 Å². The standard InChI is InChI=1S/C13H13F5O/c1-7-10(14)4-3-9(11(7)15)8-5-12(2,19-6-8)13(16,17)18/h3-4,8H,5-6H2,1-2H3. The molecule has 1 heterocycles. The quantitative estimate of drug-likeness (QED) is 0.704. The maximum absolute atomic E-state index is 13.9. The molecule has 1 fully saturated rings. The van der Waals surface area contributed by atoms with Gasteiger partial charge in [-0.25, -0.2) is 8.78 Å². The SMILES string of the molecule is Cc1c(F)ccc(C2COC(C)(C(F)(F)F)C2)c1F. The maximum atomic E-state index is 13.9. The monoisotopic (exact) mass is 280 g/mol. The van der Waals surface area contributed by atoms with Gasteiger partial charge in [-0.15, -0.1) is 0 Å². The van der Waals surface area contributed by atoms with Gasteiger partial charge in [0.05, 0.1) is 6.61 Å². The van der Waals surface area contributed by atoms with Crippen LogP contribution >= 0.6 is 0 Å². The highest BCUT2D eigenvalue weighted by Gasteiger charge is 2.56. The lowest BCUT2D eigenvalue weighted by Gasteiger charge is -2.26. The average molecular weight is 280 g/mol. The molecule has 0 amide bonds. The number of hydrogen-bond donors (Lipinski definition) is 0. The van der Waals surface area contributed by atoms with E-state index in [0.29, 0.717) is 0 Å². The molecule has 1 aromatic carbocycles. The molecule has 2 unspecified atom stereocenters. The lowest BCUT2D eigenvalue weighted by molar-refractivity contribution is -0.255. The molecule has 2 atom stereocenters. The van der Waals surface area contributed by atoms with E-state index in [1.807, 2.05) is 0 Å². The molecule has 0 N–H and O–H groups in total. The third-order valence-corrected chi connectivity index (χ3v) is 3.63. The zero-order valence-corrected chi connectivity index (χ0v) is 10.4. The fraction of sp³-hybridized carbons (Fsp3) is 0.538. The Labute approximate surface area is 107 Å². The minimum absolute atomic E-state index is 0.0758. The summed E-state index contributed by atoms with van der Waals surface area (Å²) in [6, 6.07) is 2.25. The first kappa shape index (κ1) is 14.2. The summed E-state index contributed by atoms with van der Waals surface area (Å²) >= 11 is 0. The second kappa shape index (κ2) is 4.44. The van der Waals surface area contributed by atoms with Crippen LogP contribution in [0.1, 0.15) is 30.4 Å². The van der Waals surface area contributed by atoms with Crippen LogP contribution < -0.4 is 0 Å². The Balaban J connectivity index is 2.30. The molecule has 0 bridgehead atoms. The van der Waals surface area contributed by atoms with E-state index in [0.717, 1.165) is 13.0 Å². The zero-order valence-electron chi connectivity index (χ0n) is 10.4. The Kier molecular flexibility index (Phi) is 3.33. The Morgan fingerprint density at radius 3 is 2.42 bits per heavy atom. The molecule has 0 aliphatic carbocycles. The molecule has 2 rings (SSSR count). The van der Waals surface area contributed by atoms with Crippen LogP contribution in [0.25, 0.3) is 0 Å². The normalized spacial score (nSPS) is 27.8. The molecule has 1 aromatic rings. The predicted octanol–water partition coefficient (Wildman–Crippen LogP) is 4.10.